The second-order valence-electron chi connectivity index (χ2n) is 8.24. The number of rotatable bonds is 5. The van der Waals surface area contributed by atoms with Gasteiger partial charge in [-0.3, -0.25) is 19.4 Å². The first-order valence-corrected chi connectivity index (χ1v) is 11.1. The van der Waals surface area contributed by atoms with Crippen LogP contribution in [0, 0.1) is 6.92 Å². The van der Waals surface area contributed by atoms with E-state index in [2.05, 4.69) is 10.3 Å². The molecular formula is C28H20N2O6. The summed E-state index contributed by atoms with van der Waals surface area (Å²) in [4.78, 5) is 55.7. The van der Waals surface area contributed by atoms with Crippen LogP contribution in [0.2, 0.25) is 0 Å². The lowest BCUT2D eigenvalue weighted by Crippen LogP contribution is -2.26. The van der Waals surface area contributed by atoms with E-state index in [9.17, 15) is 19.2 Å². The number of carbonyl (C=O) groups is 4. The smallest absolute Gasteiger partial charge is 0.340 e. The van der Waals surface area contributed by atoms with Crippen LogP contribution in [0.15, 0.2) is 66.7 Å². The molecule has 8 nitrogen and oxygen atoms in total. The summed E-state index contributed by atoms with van der Waals surface area (Å²) in [6.07, 6.45) is 0. The van der Waals surface area contributed by atoms with Crippen LogP contribution in [0.1, 0.15) is 47.9 Å². The van der Waals surface area contributed by atoms with Crippen molar-refractivity contribution in [2.24, 2.45) is 0 Å². The Morgan fingerprint density at radius 1 is 0.889 bits per heavy atom. The van der Waals surface area contributed by atoms with Crippen molar-refractivity contribution in [3.8, 4) is 5.75 Å². The van der Waals surface area contributed by atoms with Gasteiger partial charge < -0.3 is 14.8 Å². The van der Waals surface area contributed by atoms with E-state index in [0.717, 1.165) is 5.39 Å². The molecule has 178 valence electrons. The fourth-order valence-corrected chi connectivity index (χ4v) is 4.22. The highest BCUT2D eigenvalue weighted by Gasteiger charge is 2.31. The van der Waals surface area contributed by atoms with Crippen molar-refractivity contribution in [2.45, 2.75) is 6.92 Å². The molecule has 0 unspecified atom stereocenters. The van der Waals surface area contributed by atoms with Crippen molar-refractivity contribution in [3.05, 3.63) is 100 Å². The summed E-state index contributed by atoms with van der Waals surface area (Å²) in [7, 11) is 1.56. The molecule has 1 amide bonds. The summed E-state index contributed by atoms with van der Waals surface area (Å²) in [6.45, 7) is 1.09. The first-order chi connectivity index (χ1) is 17.4. The zero-order valence-corrected chi connectivity index (χ0v) is 19.5. The Bertz CT molecular complexity index is 1590. The number of fused-ring (bicyclic) bond motifs is 3. The van der Waals surface area contributed by atoms with Crippen molar-refractivity contribution >= 4 is 40.0 Å². The minimum absolute atomic E-state index is 0.117. The highest BCUT2D eigenvalue weighted by molar-refractivity contribution is 6.30. The number of esters is 1. The molecule has 8 heteroatoms. The predicted octanol–water partition coefficient (Wildman–Crippen LogP) is 4.12. The lowest BCUT2D eigenvalue weighted by atomic mass is 9.83. The van der Waals surface area contributed by atoms with Crippen LogP contribution >= 0.6 is 0 Å². The largest absolute Gasteiger partial charge is 0.497 e. The molecule has 1 aliphatic rings. The van der Waals surface area contributed by atoms with Crippen LogP contribution in [0.3, 0.4) is 0 Å². The molecule has 0 aliphatic heterocycles. The fraction of sp³-hybridized carbons (Fsp3) is 0.107. The van der Waals surface area contributed by atoms with Gasteiger partial charge in [0.1, 0.15) is 5.75 Å². The number of ketones is 2. The zero-order valence-electron chi connectivity index (χ0n) is 19.5. The SMILES string of the molecule is COc1ccc2cc(C(=O)OCC(=O)Nc3cccc4c3C(=O)c3ccccc3C4=O)c(C)nc2c1. The van der Waals surface area contributed by atoms with Crippen LogP contribution in [0.25, 0.3) is 10.9 Å². The number of hydrogen-bond donors (Lipinski definition) is 1. The summed E-state index contributed by atoms with van der Waals surface area (Å²) in [5, 5.41) is 3.32. The number of amides is 1. The van der Waals surface area contributed by atoms with Crippen molar-refractivity contribution in [2.75, 3.05) is 19.0 Å². The van der Waals surface area contributed by atoms with Crippen LogP contribution in [-0.4, -0.2) is 42.1 Å². The van der Waals surface area contributed by atoms with E-state index in [-0.39, 0.29) is 39.5 Å². The average molecular weight is 480 g/mol. The molecular weight excluding hydrogens is 460 g/mol. The van der Waals surface area contributed by atoms with Crippen LogP contribution in [0.5, 0.6) is 5.75 Å². The van der Waals surface area contributed by atoms with E-state index >= 15 is 0 Å². The first kappa shape index (κ1) is 22.9. The quantitative estimate of drug-likeness (QED) is 0.377. The van der Waals surface area contributed by atoms with Gasteiger partial charge in [-0.25, -0.2) is 4.79 Å². The summed E-state index contributed by atoms with van der Waals surface area (Å²) in [5.41, 5.74) is 2.45. The number of methoxy groups -OCH3 is 1. The average Bonchev–Trinajstić information content (AvgIpc) is 2.89. The van der Waals surface area contributed by atoms with E-state index in [1.54, 1.807) is 74.7 Å². The fourth-order valence-electron chi connectivity index (χ4n) is 4.22. The third-order valence-corrected chi connectivity index (χ3v) is 6.00. The van der Waals surface area contributed by atoms with Gasteiger partial charge in [-0.2, -0.15) is 0 Å². The van der Waals surface area contributed by atoms with E-state index < -0.39 is 18.5 Å². The van der Waals surface area contributed by atoms with Crippen molar-refractivity contribution in [1.29, 1.82) is 0 Å². The lowest BCUT2D eigenvalue weighted by Gasteiger charge is -2.20. The molecule has 36 heavy (non-hydrogen) atoms. The molecule has 1 N–H and O–H groups in total. The number of nitrogens with zero attached hydrogens (tertiary/aromatic N) is 1. The molecule has 0 spiro atoms. The number of pyridine rings is 1. The Morgan fingerprint density at radius 3 is 2.36 bits per heavy atom. The molecule has 0 radical (unpaired) electrons. The lowest BCUT2D eigenvalue weighted by molar-refractivity contribution is -0.119. The maximum atomic E-state index is 13.1. The maximum Gasteiger partial charge on any atom is 0.340 e. The highest BCUT2D eigenvalue weighted by atomic mass is 16.5. The molecule has 0 atom stereocenters. The van der Waals surface area contributed by atoms with Crippen LogP contribution < -0.4 is 10.1 Å². The summed E-state index contributed by atoms with van der Waals surface area (Å²) >= 11 is 0. The van der Waals surface area contributed by atoms with Crippen molar-refractivity contribution in [1.82, 2.24) is 4.98 Å². The van der Waals surface area contributed by atoms with Gasteiger partial charge in [0, 0.05) is 28.1 Å². The molecule has 5 rings (SSSR count). The summed E-state index contributed by atoms with van der Waals surface area (Å²) < 4.78 is 10.4. The number of ether oxygens (including phenoxy) is 2. The Labute approximate surface area is 205 Å². The second kappa shape index (κ2) is 9.07. The van der Waals surface area contributed by atoms with Gasteiger partial charge in [0.25, 0.3) is 5.91 Å². The van der Waals surface area contributed by atoms with Gasteiger partial charge in [-0.1, -0.05) is 36.4 Å². The number of benzene rings is 3. The van der Waals surface area contributed by atoms with Crippen molar-refractivity contribution in [3.63, 3.8) is 0 Å². The van der Waals surface area contributed by atoms with E-state index in [1.807, 2.05) is 0 Å². The number of aromatic nitrogens is 1. The van der Waals surface area contributed by atoms with Crippen LogP contribution in [-0.2, 0) is 9.53 Å². The molecule has 0 fully saturated rings. The third kappa shape index (κ3) is 3.98. The molecule has 1 aromatic heterocycles. The minimum Gasteiger partial charge on any atom is -0.497 e. The topological polar surface area (TPSA) is 112 Å². The normalized spacial score (nSPS) is 12.1. The maximum absolute atomic E-state index is 13.1. The summed E-state index contributed by atoms with van der Waals surface area (Å²) in [5.74, 6) is -1.36. The van der Waals surface area contributed by atoms with Gasteiger partial charge in [0.2, 0.25) is 0 Å². The summed E-state index contributed by atoms with van der Waals surface area (Å²) in [6, 6.07) is 18.1. The Kier molecular flexibility index (Phi) is 5.77. The van der Waals surface area contributed by atoms with Gasteiger partial charge in [0.15, 0.2) is 18.2 Å². The molecule has 0 saturated carbocycles. The Balaban J connectivity index is 1.32. The molecule has 3 aromatic carbocycles. The third-order valence-electron chi connectivity index (χ3n) is 6.00. The second-order valence-corrected chi connectivity index (χ2v) is 8.24. The van der Waals surface area contributed by atoms with Gasteiger partial charge >= 0.3 is 5.97 Å². The van der Waals surface area contributed by atoms with E-state index in [1.165, 1.54) is 6.07 Å². The van der Waals surface area contributed by atoms with Gasteiger partial charge in [-0.15, -0.1) is 0 Å². The van der Waals surface area contributed by atoms with Crippen molar-refractivity contribution < 1.29 is 28.7 Å². The molecule has 4 aromatic rings. The van der Waals surface area contributed by atoms with E-state index in [0.29, 0.717) is 22.5 Å². The number of anilines is 1. The molecule has 0 bridgehead atoms. The van der Waals surface area contributed by atoms with E-state index in [4.69, 9.17) is 9.47 Å². The molecule has 1 heterocycles. The van der Waals surface area contributed by atoms with Crippen LogP contribution in [0.4, 0.5) is 5.69 Å². The zero-order chi connectivity index (χ0) is 25.4. The van der Waals surface area contributed by atoms with Gasteiger partial charge in [0.05, 0.1) is 35.1 Å². The van der Waals surface area contributed by atoms with Gasteiger partial charge in [-0.05, 0) is 31.2 Å². The Hall–Kier alpha value is -4.85. The Morgan fingerprint density at radius 2 is 1.61 bits per heavy atom. The number of carbonyl (C=O) groups excluding carboxylic acids is 4. The number of nitrogens with one attached hydrogen (secondary N) is 1. The monoisotopic (exact) mass is 480 g/mol. The molecule has 1 aliphatic carbocycles. The minimum atomic E-state index is -0.705. The highest BCUT2D eigenvalue weighted by Crippen LogP contribution is 2.32. The molecule has 0 saturated heterocycles. The standard InChI is InChI=1S/C28H20N2O6/c1-15-21(12-16-10-11-17(35-2)13-23(16)29-15)28(34)36-14-24(31)30-22-9-5-8-20-25(22)27(33)19-7-4-3-6-18(19)26(20)32/h3-13H,14H2,1-2H3,(H,30,31). The number of hydrogen-bond acceptors (Lipinski definition) is 7. The predicted molar refractivity (Wildman–Crippen MR) is 132 cm³/mol. The number of aryl methyl sites for hydroxylation is 1. The first-order valence-electron chi connectivity index (χ1n) is 11.1.